The Morgan fingerprint density at radius 3 is 1.74 bits per heavy atom. The molecule has 0 saturated heterocycles. The van der Waals surface area contributed by atoms with Gasteiger partial charge in [0.25, 0.3) is 0 Å². The Kier molecular flexibility index (Phi) is 12.9. The zero-order valence-electron chi connectivity index (χ0n) is 23.1. The van der Waals surface area contributed by atoms with Gasteiger partial charge in [-0.3, -0.25) is 9.59 Å². The lowest BCUT2D eigenvalue weighted by Gasteiger charge is -2.27. The van der Waals surface area contributed by atoms with Gasteiger partial charge in [0, 0.05) is 5.94 Å². The minimum atomic E-state index is -0.863. The second-order valence-corrected chi connectivity index (χ2v) is 10.6. The van der Waals surface area contributed by atoms with Crippen LogP contribution in [0.3, 0.4) is 0 Å². The van der Waals surface area contributed by atoms with Gasteiger partial charge in [-0.25, -0.2) is 4.79 Å². The maximum absolute atomic E-state index is 13.3. The van der Waals surface area contributed by atoms with Crippen LogP contribution in [0.1, 0.15) is 51.7 Å². The van der Waals surface area contributed by atoms with Crippen LogP contribution < -0.4 is 16.0 Å². The number of hydrogen-bond acceptors (Lipinski definition) is 5. The highest BCUT2D eigenvalue weighted by molar-refractivity contribution is 6.51. The van der Waals surface area contributed by atoms with Crippen molar-refractivity contribution >= 4 is 24.8 Å². The molecule has 8 nitrogen and oxygen atoms in total. The molecule has 0 saturated carbocycles. The first-order valence-corrected chi connectivity index (χ1v) is 13.3. The maximum atomic E-state index is 13.3. The maximum Gasteiger partial charge on any atom is 0.408 e. The molecule has 0 bridgehead atoms. The van der Waals surface area contributed by atoms with E-state index in [9.17, 15) is 19.4 Å². The first-order valence-electron chi connectivity index (χ1n) is 13.3. The molecule has 0 aromatic heterocycles. The minimum absolute atomic E-state index is 0.0865. The number of nitrogens with one attached hydrogen (secondary N) is 3. The van der Waals surface area contributed by atoms with Gasteiger partial charge in [0.1, 0.15) is 18.7 Å². The van der Waals surface area contributed by atoms with Crippen molar-refractivity contribution < 1.29 is 24.1 Å². The van der Waals surface area contributed by atoms with E-state index in [4.69, 9.17) is 4.74 Å². The summed E-state index contributed by atoms with van der Waals surface area (Å²) in [5.41, 5.74) is 1.82. The van der Waals surface area contributed by atoms with Gasteiger partial charge in [0.15, 0.2) is 0 Å². The van der Waals surface area contributed by atoms with Gasteiger partial charge in [-0.05, 0) is 42.2 Å². The van der Waals surface area contributed by atoms with Crippen LogP contribution in [0.4, 0.5) is 4.79 Å². The largest absolute Gasteiger partial charge is 0.449 e. The van der Waals surface area contributed by atoms with Crippen LogP contribution in [0.5, 0.6) is 0 Å². The predicted octanol–water partition coefficient (Wildman–Crippen LogP) is 3.74. The number of rotatable bonds is 14. The van der Waals surface area contributed by atoms with Crippen molar-refractivity contribution in [2.24, 2.45) is 11.8 Å². The molecular weight excluding hydrogens is 481 g/mol. The average molecular weight is 523 g/mol. The molecular formula is C29H42BN3O5. The van der Waals surface area contributed by atoms with Crippen molar-refractivity contribution in [1.82, 2.24) is 16.0 Å². The van der Waals surface area contributed by atoms with Crippen LogP contribution in [-0.2, 0) is 27.4 Å². The van der Waals surface area contributed by atoms with E-state index in [1.807, 2.05) is 88.4 Å². The smallest absolute Gasteiger partial charge is 0.408 e. The van der Waals surface area contributed by atoms with Crippen LogP contribution in [0.25, 0.3) is 0 Å². The molecule has 2 aromatic rings. The summed E-state index contributed by atoms with van der Waals surface area (Å²) < 4.78 is 5.31. The Morgan fingerprint density at radius 1 is 0.763 bits per heavy atom. The van der Waals surface area contributed by atoms with E-state index < -0.39 is 36.9 Å². The van der Waals surface area contributed by atoms with Gasteiger partial charge in [-0.1, -0.05) is 95.2 Å². The molecule has 3 amide bonds. The summed E-state index contributed by atoms with van der Waals surface area (Å²) in [6.45, 7) is 8.76. The molecule has 3 unspecified atom stereocenters. The van der Waals surface area contributed by atoms with Gasteiger partial charge in [-0.2, -0.15) is 0 Å². The van der Waals surface area contributed by atoms with Crippen LogP contribution in [-0.4, -0.2) is 47.9 Å². The van der Waals surface area contributed by atoms with Gasteiger partial charge in [0.2, 0.25) is 11.8 Å². The molecule has 9 heteroatoms. The molecule has 206 valence electrons. The predicted molar refractivity (Wildman–Crippen MR) is 150 cm³/mol. The monoisotopic (exact) mass is 523 g/mol. The quantitative estimate of drug-likeness (QED) is 0.282. The number of carbonyl (C=O) groups is 3. The lowest BCUT2D eigenvalue weighted by molar-refractivity contribution is -0.130. The Labute approximate surface area is 227 Å². The Hall–Kier alpha value is -3.33. The van der Waals surface area contributed by atoms with Crippen molar-refractivity contribution in [1.29, 1.82) is 0 Å². The van der Waals surface area contributed by atoms with Crippen LogP contribution in [0.15, 0.2) is 60.7 Å². The molecule has 0 fully saturated rings. The van der Waals surface area contributed by atoms with Gasteiger partial charge >= 0.3 is 13.0 Å². The summed E-state index contributed by atoms with van der Waals surface area (Å²) in [4.78, 5) is 39.1. The number of carbonyl (C=O) groups excluding carboxylic acids is 3. The third-order valence-corrected chi connectivity index (χ3v) is 6.08. The fourth-order valence-electron chi connectivity index (χ4n) is 4.08. The Morgan fingerprint density at radius 2 is 1.24 bits per heavy atom. The number of alkyl carbamates (subject to hydrolysis) is 1. The van der Waals surface area contributed by atoms with E-state index in [0.29, 0.717) is 19.3 Å². The number of amides is 3. The topological polar surface area (TPSA) is 117 Å². The molecule has 4 N–H and O–H groups in total. The van der Waals surface area contributed by atoms with Gasteiger partial charge in [0.05, 0.1) is 0 Å². The van der Waals surface area contributed by atoms with Crippen molar-refractivity contribution in [3.63, 3.8) is 0 Å². The Bertz CT molecular complexity index is 1000. The molecule has 0 aliphatic rings. The highest BCUT2D eigenvalue weighted by atomic mass is 16.5. The minimum Gasteiger partial charge on any atom is -0.449 e. The fourth-order valence-corrected chi connectivity index (χ4v) is 4.08. The summed E-state index contributed by atoms with van der Waals surface area (Å²) in [6.07, 6.45) is 0.545. The Balaban J connectivity index is 2.07. The van der Waals surface area contributed by atoms with E-state index in [0.717, 1.165) is 11.1 Å². The summed E-state index contributed by atoms with van der Waals surface area (Å²) in [7, 11) is 0. The highest BCUT2D eigenvalue weighted by Crippen LogP contribution is 2.11. The standard InChI is InChI=1S/C29H42BN3O5/c1-20(2)16-24(28(35)33-26(30(5)37)18-22-12-8-6-9-13-22)31-27(34)25(17-21(3)4)32-29(36)38-19-23-14-10-7-11-15-23/h6-15,20-21,24-26,37H,16-19H2,1-5H3,(H,31,34)(H,32,36)(H,33,35). The lowest BCUT2D eigenvalue weighted by Crippen LogP contribution is -2.57. The molecule has 0 spiro atoms. The van der Waals surface area contributed by atoms with E-state index >= 15 is 0 Å². The average Bonchev–Trinajstić information content (AvgIpc) is 2.86. The van der Waals surface area contributed by atoms with Gasteiger partial charge < -0.3 is 25.7 Å². The van der Waals surface area contributed by atoms with Crippen molar-refractivity contribution in [2.75, 3.05) is 0 Å². The second-order valence-electron chi connectivity index (χ2n) is 10.6. The molecule has 38 heavy (non-hydrogen) atoms. The zero-order chi connectivity index (χ0) is 28.1. The summed E-state index contributed by atoms with van der Waals surface area (Å²) in [5, 5.41) is 18.7. The normalized spacial score (nSPS) is 13.4. The van der Waals surface area contributed by atoms with Crippen molar-refractivity contribution in [2.45, 2.75) is 78.4 Å². The number of benzene rings is 2. The van der Waals surface area contributed by atoms with E-state index in [2.05, 4.69) is 16.0 Å². The van der Waals surface area contributed by atoms with E-state index in [-0.39, 0.29) is 24.3 Å². The first-order chi connectivity index (χ1) is 18.0. The molecule has 0 aliphatic carbocycles. The van der Waals surface area contributed by atoms with E-state index in [1.165, 1.54) is 0 Å². The molecule has 0 heterocycles. The van der Waals surface area contributed by atoms with Crippen molar-refractivity contribution in [3.05, 3.63) is 71.8 Å². The lowest BCUT2D eigenvalue weighted by atomic mass is 9.61. The van der Waals surface area contributed by atoms with E-state index in [1.54, 1.807) is 6.82 Å². The fraction of sp³-hybridized carbons (Fsp3) is 0.483. The molecule has 0 radical (unpaired) electrons. The summed E-state index contributed by atoms with van der Waals surface area (Å²) >= 11 is 0. The van der Waals surface area contributed by atoms with Crippen LogP contribution in [0.2, 0.25) is 6.82 Å². The molecule has 0 aliphatic heterocycles. The molecule has 2 rings (SSSR count). The molecule has 2 aromatic carbocycles. The SMILES string of the molecule is CB(O)C(Cc1ccccc1)NC(=O)C(CC(C)C)NC(=O)C(CC(C)C)NC(=O)OCc1ccccc1. The van der Waals surface area contributed by atoms with Crippen molar-refractivity contribution in [3.8, 4) is 0 Å². The molecule has 3 atom stereocenters. The number of hydrogen-bond donors (Lipinski definition) is 4. The first kappa shape index (κ1) is 30.9. The zero-order valence-corrected chi connectivity index (χ0v) is 23.1. The summed E-state index contributed by atoms with van der Waals surface area (Å²) in [5.74, 6) is -1.11. The number of ether oxygens (including phenoxy) is 1. The second kappa shape index (κ2) is 15.8. The third-order valence-electron chi connectivity index (χ3n) is 6.08. The third kappa shape index (κ3) is 11.4. The highest BCUT2D eigenvalue weighted by Gasteiger charge is 2.31. The van der Waals surface area contributed by atoms with Gasteiger partial charge in [-0.15, -0.1) is 0 Å². The summed E-state index contributed by atoms with van der Waals surface area (Å²) in [6, 6.07) is 17.2. The van der Waals surface area contributed by atoms with Crippen LogP contribution >= 0.6 is 0 Å². The van der Waals surface area contributed by atoms with Crippen LogP contribution in [0, 0.1) is 11.8 Å².